The summed E-state index contributed by atoms with van der Waals surface area (Å²) in [5, 5.41) is 0. The Labute approximate surface area is 86.0 Å². The van der Waals surface area contributed by atoms with Gasteiger partial charge in [-0.15, -0.1) is 0 Å². The zero-order chi connectivity index (χ0) is 10.9. The van der Waals surface area contributed by atoms with Crippen LogP contribution in [0.2, 0.25) is 0 Å². The fraction of sp³-hybridized carbons (Fsp3) is 0.125. The van der Waals surface area contributed by atoms with E-state index in [1.807, 2.05) is 0 Å². The molecular formula is C8H5BrF3NO. The summed E-state index contributed by atoms with van der Waals surface area (Å²) in [5.74, 6) is 0. The number of carbonyl (C=O) groups excluding carboxylic acids is 1. The lowest BCUT2D eigenvalue weighted by atomic mass is 10.1. The second-order valence-electron chi connectivity index (χ2n) is 2.58. The van der Waals surface area contributed by atoms with Gasteiger partial charge in [-0.25, -0.2) is 0 Å². The molecule has 1 aromatic carbocycles. The van der Waals surface area contributed by atoms with Crippen molar-refractivity contribution in [3.05, 3.63) is 27.7 Å². The fourth-order valence-corrected chi connectivity index (χ4v) is 1.38. The molecule has 0 fully saturated rings. The molecule has 14 heavy (non-hydrogen) atoms. The van der Waals surface area contributed by atoms with Crippen molar-refractivity contribution in [3.63, 3.8) is 0 Å². The lowest BCUT2D eigenvalue weighted by Gasteiger charge is -2.10. The van der Waals surface area contributed by atoms with Crippen LogP contribution >= 0.6 is 15.9 Å². The molecule has 6 heteroatoms. The largest absolute Gasteiger partial charge is 0.418 e. The molecule has 2 nitrogen and oxygen atoms in total. The van der Waals surface area contributed by atoms with E-state index in [1.165, 1.54) is 0 Å². The molecule has 0 aliphatic heterocycles. The normalized spacial score (nSPS) is 11.4. The van der Waals surface area contributed by atoms with Crippen molar-refractivity contribution in [2.24, 2.45) is 0 Å². The molecule has 2 N–H and O–H groups in total. The number of rotatable bonds is 1. The second kappa shape index (κ2) is 3.61. The van der Waals surface area contributed by atoms with Crippen molar-refractivity contribution < 1.29 is 18.0 Å². The van der Waals surface area contributed by atoms with Crippen LogP contribution in [0.15, 0.2) is 16.6 Å². The maximum absolute atomic E-state index is 12.3. The van der Waals surface area contributed by atoms with Crippen LogP contribution in [0.5, 0.6) is 0 Å². The summed E-state index contributed by atoms with van der Waals surface area (Å²) in [7, 11) is 0. The van der Waals surface area contributed by atoms with E-state index in [9.17, 15) is 18.0 Å². The standard InChI is InChI=1S/C8H5BrF3NO/c9-6-2-5(8(10,11)12)7(13)1-4(6)3-14/h1-3H,13H2. The van der Waals surface area contributed by atoms with E-state index in [-0.39, 0.29) is 10.0 Å². The number of carbonyl (C=O) groups is 1. The number of nitrogens with two attached hydrogens (primary N) is 1. The first-order valence-corrected chi connectivity index (χ1v) is 4.27. The Morgan fingerprint density at radius 3 is 2.36 bits per heavy atom. The number of benzene rings is 1. The third-order valence-corrected chi connectivity index (χ3v) is 2.29. The quantitative estimate of drug-likeness (QED) is 0.628. The van der Waals surface area contributed by atoms with Gasteiger partial charge in [0.25, 0.3) is 0 Å². The summed E-state index contributed by atoms with van der Waals surface area (Å²) in [6.07, 6.45) is -4.07. The molecule has 0 radical (unpaired) electrons. The molecule has 0 amide bonds. The molecule has 0 unspecified atom stereocenters. The molecule has 76 valence electrons. The Morgan fingerprint density at radius 2 is 1.93 bits per heavy atom. The lowest BCUT2D eigenvalue weighted by molar-refractivity contribution is -0.136. The number of alkyl halides is 3. The monoisotopic (exact) mass is 267 g/mol. The summed E-state index contributed by atoms with van der Waals surface area (Å²) in [5.41, 5.74) is 3.84. The van der Waals surface area contributed by atoms with Crippen LogP contribution in [-0.2, 0) is 6.18 Å². The van der Waals surface area contributed by atoms with E-state index >= 15 is 0 Å². The maximum atomic E-state index is 12.3. The maximum Gasteiger partial charge on any atom is 0.418 e. The summed E-state index contributed by atoms with van der Waals surface area (Å²) in [6.45, 7) is 0. The average molecular weight is 268 g/mol. The average Bonchev–Trinajstić information content (AvgIpc) is 2.06. The highest BCUT2D eigenvalue weighted by Crippen LogP contribution is 2.36. The first-order valence-electron chi connectivity index (χ1n) is 3.47. The second-order valence-corrected chi connectivity index (χ2v) is 3.43. The fourth-order valence-electron chi connectivity index (χ4n) is 0.943. The summed E-state index contributed by atoms with van der Waals surface area (Å²) in [6, 6.07) is 1.78. The smallest absolute Gasteiger partial charge is 0.398 e. The van der Waals surface area contributed by atoms with Gasteiger partial charge in [0, 0.05) is 15.7 Å². The van der Waals surface area contributed by atoms with Crippen LogP contribution in [0.3, 0.4) is 0 Å². The van der Waals surface area contributed by atoms with Gasteiger partial charge >= 0.3 is 6.18 Å². The predicted molar refractivity (Wildman–Crippen MR) is 48.9 cm³/mol. The Hall–Kier alpha value is -1.04. The van der Waals surface area contributed by atoms with Gasteiger partial charge in [0.05, 0.1) is 5.56 Å². The number of halogens is 4. The van der Waals surface area contributed by atoms with Crippen molar-refractivity contribution in [1.82, 2.24) is 0 Å². The van der Waals surface area contributed by atoms with Crippen molar-refractivity contribution in [2.45, 2.75) is 6.18 Å². The lowest BCUT2D eigenvalue weighted by Crippen LogP contribution is -2.09. The van der Waals surface area contributed by atoms with Crippen LogP contribution in [-0.4, -0.2) is 6.29 Å². The van der Waals surface area contributed by atoms with Gasteiger partial charge in [-0.3, -0.25) is 4.79 Å². The van der Waals surface area contributed by atoms with E-state index in [2.05, 4.69) is 15.9 Å². The highest BCUT2D eigenvalue weighted by molar-refractivity contribution is 9.10. The summed E-state index contributed by atoms with van der Waals surface area (Å²) >= 11 is 2.85. The minimum atomic E-state index is -4.51. The van der Waals surface area contributed by atoms with E-state index in [1.54, 1.807) is 0 Å². The molecule has 0 saturated carbocycles. The zero-order valence-corrected chi connectivity index (χ0v) is 8.32. The number of anilines is 1. The molecule has 0 atom stereocenters. The number of hydrogen-bond donors (Lipinski definition) is 1. The van der Waals surface area contributed by atoms with Crippen molar-refractivity contribution in [3.8, 4) is 0 Å². The van der Waals surface area contributed by atoms with E-state index < -0.39 is 17.4 Å². The Balaban J connectivity index is 3.36. The van der Waals surface area contributed by atoms with Crippen LogP contribution in [0, 0.1) is 0 Å². The Bertz CT molecular complexity index is 376. The molecule has 0 aromatic heterocycles. The highest BCUT2D eigenvalue weighted by atomic mass is 79.9. The molecule has 1 aromatic rings. The molecular weight excluding hydrogens is 263 g/mol. The summed E-state index contributed by atoms with van der Waals surface area (Å²) < 4.78 is 36.9. The van der Waals surface area contributed by atoms with Gasteiger partial charge in [-0.1, -0.05) is 15.9 Å². The minimum Gasteiger partial charge on any atom is -0.398 e. The minimum absolute atomic E-state index is 0.0778. The first-order chi connectivity index (χ1) is 6.36. The van der Waals surface area contributed by atoms with Crippen LogP contribution in [0.25, 0.3) is 0 Å². The number of aldehydes is 1. The SMILES string of the molecule is Nc1cc(C=O)c(Br)cc1C(F)(F)F. The van der Waals surface area contributed by atoms with Crippen molar-refractivity contribution in [2.75, 3.05) is 5.73 Å². The third kappa shape index (κ3) is 2.06. The predicted octanol–water partition coefficient (Wildman–Crippen LogP) is 2.86. The van der Waals surface area contributed by atoms with Crippen LogP contribution in [0.1, 0.15) is 15.9 Å². The van der Waals surface area contributed by atoms with E-state index in [4.69, 9.17) is 5.73 Å². The van der Waals surface area contributed by atoms with Gasteiger partial charge in [-0.05, 0) is 12.1 Å². The zero-order valence-electron chi connectivity index (χ0n) is 6.73. The van der Waals surface area contributed by atoms with Gasteiger partial charge in [0.1, 0.15) is 0 Å². The van der Waals surface area contributed by atoms with Crippen LogP contribution < -0.4 is 5.73 Å². The van der Waals surface area contributed by atoms with Gasteiger partial charge in [0.15, 0.2) is 6.29 Å². The third-order valence-electron chi connectivity index (χ3n) is 1.60. The van der Waals surface area contributed by atoms with Gasteiger partial charge in [0.2, 0.25) is 0 Å². The Morgan fingerprint density at radius 1 is 1.36 bits per heavy atom. The molecule has 0 bridgehead atoms. The summed E-state index contributed by atoms with van der Waals surface area (Å²) in [4.78, 5) is 10.4. The topological polar surface area (TPSA) is 43.1 Å². The molecule has 0 heterocycles. The number of nitrogen functional groups attached to an aromatic ring is 1. The van der Waals surface area contributed by atoms with E-state index in [0.29, 0.717) is 6.29 Å². The molecule has 1 rings (SSSR count). The van der Waals surface area contributed by atoms with Gasteiger partial charge < -0.3 is 5.73 Å². The first kappa shape index (κ1) is 11.0. The van der Waals surface area contributed by atoms with Crippen LogP contribution in [0.4, 0.5) is 18.9 Å². The van der Waals surface area contributed by atoms with E-state index in [0.717, 1.165) is 12.1 Å². The number of hydrogen-bond acceptors (Lipinski definition) is 2. The molecule has 0 aliphatic carbocycles. The highest BCUT2D eigenvalue weighted by Gasteiger charge is 2.33. The van der Waals surface area contributed by atoms with Gasteiger partial charge in [-0.2, -0.15) is 13.2 Å². The molecule has 0 aliphatic rings. The van der Waals surface area contributed by atoms with Crippen molar-refractivity contribution in [1.29, 1.82) is 0 Å². The molecule has 0 saturated heterocycles. The Kier molecular flexibility index (Phi) is 2.84. The van der Waals surface area contributed by atoms with Crippen molar-refractivity contribution >= 4 is 27.9 Å². The molecule has 0 spiro atoms.